The molecule has 1 fully saturated rings. The standard InChI is InChI=1S/C19H18FN3O.C2H5NO2/c20-16-4-1-3-15(11-16)14-6-9-22(10-7-14)19(24)17-5-2-8-23-13-21-12-18(17)23;1-5-2(3)4/h1-5,8,11-14H,6-7,9-10H2;1H3,(H2,3,4). The van der Waals surface area contributed by atoms with E-state index >= 15 is 0 Å². The Morgan fingerprint density at radius 3 is 2.59 bits per heavy atom. The first-order valence-electron chi connectivity index (χ1n) is 9.28. The Balaban J connectivity index is 0.000000431. The quantitative estimate of drug-likeness (QED) is 0.718. The van der Waals surface area contributed by atoms with Gasteiger partial charge in [0, 0.05) is 19.3 Å². The molecule has 2 aromatic heterocycles. The van der Waals surface area contributed by atoms with Gasteiger partial charge in [0.25, 0.3) is 5.91 Å². The molecule has 0 aliphatic carbocycles. The van der Waals surface area contributed by atoms with Crippen molar-refractivity contribution in [1.82, 2.24) is 14.3 Å². The summed E-state index contributed by atoms with van der Waals surface area (Å²) in [5.41, 5.74) is 6.97. The maximum Gasteiger partial charge on any atom is 0.404 e. The highest BCUT2D eigenvalue weighted by Crippen LogP contribution is 2.29. The summed E-state index contributed by atoms with van der Waals surface area (Å²) in [5, 5.41) is 0. The summed E-state index contributed by atoms with van der Waals surface area (Å²) < 4.78 is 19.1. The van der Waals surface area contributed by atoms with Crippen LogP contribution < -0.4 is 5.73 Å². The zero-order valence-electron chi connectivity index (χ0n) is 16.1. The minimum atomic E-state index is -0.745. The Kier molecular flexibility index (Phi) is 6.43. The van der Waals surface area contributed by atoms with Gasteiger partial charge in [0.2, 0.25) is 0 Å². The molecule has 0 radical (unpaired) electrons. The van der Waals surface area contributed by atoms with E-state index in [0.717, 1.165) is 23.9 Å². The van der Waals surface area contributed by atoms with Gasteiger partial charge in [-0.1, -0.05) is 12.1 Å². The number of ether oxygens (including phenoxy) is 1. The number of aromatic nitrogens is 2. The summed E-state index contributed by atoms with van der Waals surface area (Å²) in [6, 6.07) is 10.5. The second-order valence-corrected chi connectivity index (χ2v) is 6.75. The first-order chi connectivity index (χ1) is 14.0. The lowest BCUT2D eigenvalue weighted by Gasteiger charge is -2.32. The molecule has 0 unspecified atom stereocenters. The molecule has 29 heavy (non-hydrogen) atoms. The van der Waals surface area contributed by atoms with E-state index in [1.165, 1.54) is 13.2 Å². The van der Waals surface area contributed by atoms with Crippen LogP contribution in [0, 0.1) is 5.82 Å². The third-order valence-corrected chi connectivity index (χ3v) is 4.99. The Bertz CT molecular complexity index is 996. The first-order valence-corrected chi connectivity index (χ1v) is 9.28. The smallest absolute Gasteiger partial charge is 0.404 e. The van der Waals surface area contributed by atoms with Crippen molar-refractivity contribution in [3.63, 3.8) is 0 Å². The highest BCUT2D eigenvalue weighted by atomic mass is 19.1. The van der Waals surface area contributed by atoms with Gasteiger partial charge in [0.05, 0.1) is 30.7 Å². The van der Waals surface area contributed by atoms with Gasteiger partial charge in [-0.2, -0.15) is 0 Å². The number of piperidine rings is 1. The molecule has 4 rings (SSSR count). The van der Waals surface area contributed by atoms with Gasteiger partial charge in [0.1, 0.15) is 5.82 Å². The molecule has 152 valence electrons. The van der Waals surface area contributed by atoms with Crippen LogP contribution in [0.5, 0.6) is 0 Å². The van der Waals surface area contributed by atoms with Crippen LogP contribution in [0.25, 0.3) is 5.52 Å². The fraction of sp³-hybridized carbons (Fsp3) is 0.286. The average Bonchev–Trinajstić information content (AvgIpc) is 3.23. The van der Waals surface area contributed by atoms with E-state index in [1.54, 1.807) is 24.7 Å². The lowest BCUT2D eigenvalue weighted by Crippen LogP contribution is -2.38. The van der Waals surface area contributed by atoms with Gasteiger partial charge in [-0.05, 0) is 48.6 Å². The number of nitrogens with two attached hydrogens (primary N) is 1. The molecule has 0 saturated carbocycles. The first kappa shape index (κ1) is 20.3. The lowest BCUT2D eigenvalue weighted by atomic mass is 9.89. The minimum Gasteiger partial charge on any atom is -0.453 e. The van der Waals surface area contributed by atoms with Crippen molar-refractivity contribution in [1.29, 1.82) is 0 Å². The number of imidazole rings is 1. The van der Waals surface area contributed by atoms with E-state index in [-0.39, 0.29) is 11.7 Å². The zero-order valence-corrected chi connectivity index (χ0v) is 16.1. The normalized spacial score (nSPS) is 14.2. The van der Waals surface area contributed by atoms with Crippen molar-refractivity contribution in [3.05, 3.63) is 72.1 Å². The lowest BCUT2D eigenvalue weighted by molar-refractivity contribution is 0.0714. The summed E-state index contributed by atoms with van der Waals surface area (Å²) in [6.45, 7) is 1.38. The number of nitrogens with zero attached hydrogens (tertiary/aromatic N) is 3. The number of fused-ring (bicyclic) bond motifs is 1. The molecule has 7 nitrogen and oxygen atoms in total. The summed E-state index contributed by atoms with van der Waals surface area (Å²) in [6.07, 6.45) is 6.27. The molecule has 0 atom stereocenters. The summed E-state index contributed by atoms with van der Waals surface area (Å²) in [4.78, 5) is 28.2. The van der Waals surface area contributed by atoms with Crippen molar-refractivity contribution < 1.29 is 18.7 Å². The van der Waals surface area contributed by atoms with Crippen molar-refractivity contribution in [2.24, 2.45) is 5.73 Å². The fourth-order valence-electron chi connectivity index (χ4n) is 3.48. The third-order valence-electron chi connectivity index (χ3n) is 4.99. The number of halogens is 1. The van der Waals surface area contributed by atoms with Gasteiger partial charge in [-0.15, -0.1) is 0 Å². The van der Waals surface area contributed by atoms with E-state index in [0.29, 0.717) is 24.6 Å². The molecule has 1 aliphatic rings. The maximum absolute atomic E-state index is 13.4. The molecule has 1 aromatic carbocycles. The topological polar surface area (TPSA) is 89.9 Å². The molecule has 1 aliphatic heterocycles. The Hall–Kier alpha value is -3.42. The van der Waals surface area contributed by atoms with E-state index in [9.17, 15) is 14.0 Å². The van der Waals surface area contributed by atoms with Gasteiger partial charge in [-0.3, -0.25) is 4.79 Å². The highest BCUT2D eigenvalue weighted by Gasteiger charge is 2.25. The van der Waals surface area contributed by atoms with Crippen LogP contribution in [0.2, 0.25) is 0 Å². The predicted molar refractivity (Wildman–Crippen MR) is 106 cm³/mol. The summed E-state index contributed by atoms with van der Waals surface area (Å²) in [5.74, 6) is 0.160. The molecule has 0 spiro atoms. The number of likely N-dealkylation sites (tertiary alicyclic amines) is 1. The van der Waals surface area contributed by atoms with E-state index in [4.69, 9.17) is 0 Å². The van der Waals surface area contributed by atoms with Crippen LogP contribution in [0.15, 0.2) is 55.1 Å². The van der Waals surface area contributed by atoms with E-state index in [1.807, 2.05) is 33.7 Å². The van der Waals surface area contributed by atoms with Crippen LogP contribution >= 0.6 is 0 Å². The number of hydrogen-bond donors (Lipinski definition) is 1. The summed E-state index contributed by atoms with van der Waals surface area (Å²) >= 11 is 0. The number of amides is 2. The Morgan fingerprint density at radius 1 is 1.21 bits per heavy atom. The Morgan fingerprint density at radius 2 is 1.93 bits per heavy atom. The van der Waals surface area contributed by atoms with Gasteiger partial charge in [-0.25, -0.2) is 14.2 Å². The number of methoxy groups -OCH3 is 1. The second kappa shape index (κ2) is 9.18. The number of primary amides is 1. The number of benzene rings is 1. The molecular formula is C21H23FN4O3. The van der Waals surface area contributed by atoms with Crippen LogP contribution in [0.3, 0.4) is 0 Å². The van der Waals surface area contributed by atoms with E-state index in [2.05, 4.69) is 15.5 Å². The number of carbonyl (C=O) groups excluding carboxylic acids is 2. The third kappa shape index (κ3) is 4.90. The molecule has 1 saturated heterocycles. The largest absolute Gasteiger partial charge is 0.453 e. The van der Waals surface area contributed by atoms with E-state index < -0.39 is 6.09 Å². The average molecular weight is 398 g/mol. The van der Waals surface area contributed by atoms with Crippen molar-refractivity contribution >= 4 is 17.5 Å². The molecule has 0 bridgehead atoms. The molecule has 2 amide bonds. The van der Waals surface area contributed by atoms with Crippen molar-refractivity contribution in [2.75, 3.05) is 20.2 Å². The van der Waals surface area contributed by atoms with Crippen LogP contribution in [-0.4, -0.2) is 46.5 Å². The van der Waals surface area contributed by atoms with Crippen molar-refractivity contribution in [3.8, 4) is 0 Å². The van der Waals surface area contributed by atoms with Crippen LogP contribution in [-0.2, 0) is 4.74 Å². The molecule has 3 aromatic rings. The monoisotopic (exact) mass is 398 g/mol. The second-order valence-electron chi connectivity index (χ2n) is 6.75. The SMILES string of the molecule is COC(N)=O.O=C(c1cccn2cncc12)N1CCC(c2cccc(F)c2)CC1. The molecule has 3 heterocycles. The van der Waals surface area contributed by atoms with Crippen molar-refractivity contribution in [2.45, 2.75) is 18.8 Å². The molecule has 2 N–H and O–H groups in total. The minimum absolute atomic E-state index is 0.0405. The highest BCUT2D eigenvalue weighted by molar-refractivity contribution is 6.00. The fourth-order valence-corrected chi connectivity index (χ4v) is 3.48. The number of carbonyl (C=O) groups is 2. The zero-order chi connectivity index (χ0) is 20.8. The van der Waals surface area contributed by atoms with Gasteiger partial charge < -0.3 is 19.8 Å². The molecular weight excluding hydrogens is 375 g/mol. The Labute approximate surface area is 167 Å². The molecule has 8 heteroatoms. The van der Waals surface area contributed by atoms with Crippen LogP contribution in [0.4, 0.5) is 9.18 Å². The number of pyridine rings is 1. The number of rotatable bonds is 2. The maximum atomic E-state index is 13.4. The van der Waals surface area contributed by atoms with Gasteiger partial charge >= 0.3 is 6.09 Å². The van der Waals surface area contributed by atoms with Crippen LogP contribution in [0.1, 0.15) is 34.7 Å². The van der Waals surface area contributed by atoms with Gasteiger partial charge in [0.15, 0.2) is 0 Å². The number of hydrogen-bond acceptors (Lipinski definition) is 4. The summed E-state index contributed by atoms with van der Waals surface area (Å²) in [7, 11) is 1.22. The predicted octanol–water partition coefficient (Wildman–Crippen LogP) is 3.20.